The summed E-state index contributed by atoms with van der Waals surface area (Å²) in [4.78, 5) is 0. The van der Waals surface area contributed by atoms with Gasteiger partial charge in [-0.15, -0.1) is 0 Å². The number of furan rings is 1. The second kappa shape index (κ2) is 7.40. The van der Waals surface area contributed by atoms with Gasteiger partial charge in [0.2, 0.25) is 5.09 Å². The zero-order valence-corrected chi connectivity index (χ0v) is 13.5. The van der Waals surface area contributed by atoms with E-state index in [1.165, 1.54) is 4.31 Å². The standard InChI is InChI=1S/C14H24N2O4S/c1-3-7-15-9-13-4-5-14(20-13)21(17,18)16-8-6-12(10-16)11-19-2/h4-5,12,15H,3,6-11H2,1-2H3. The summed E-state index contributed by atoms with van der Waals surface area (Å²) in [6.45, 7) is 5.13. The molecule has 1 saturated heterocycles. The van der Waals surface area contributed by atoms with Crippen LogP contribution in [0.15, 0.2) is 21.6 Å². The van der Waals surface area contributed by atoms with Gasteiger partial charge in [-0.1, -0.05) is 6.92 Å². The van der Waals surface area contributed by atoms with Crippen molar-refractivity contribution in [1.82, 2.24) is 9.62 Å². The molecule has 1 atom stereocenters. The maximum absolute atomic E-state index is 12.5. The predicted molar refractivity (Wildman–Crippen MR) is 79.4 cm³/mol. The van der Waals surface area contributed by atoms with Crippen molar-refractivity contribution in [2.75, 3.05) is 33.4 Å². The Morgan fingerprint density at radius 2 is 2.29 bits per heavy atom. The van der Waals surface area contributed by atoms with E-state index in [0.717, 1.165) is 19.4 Å². The number of sulfonamides is 1. The maximum Gasteiger partial charge on any atom is 0.276 e. The molecule has 1 unspecified atom stereocenters. The molecule has 21 heavy (non-hydrogen) atoms. The highest BCUT2D eigenvalue weighted by Gasteiger charge is 2.34. The first-order valence-electron chi connectivity index (χ1n) is 7.36. The van der Waals surface area contributed by atoms with Gasteiger partial charge in [-0.3, -0.25) is 0 Å². The van der Waals surface area contributed by atoms with Crippen LogP contribution in [-0.4, -0.2) is 46.1 Å². The Hall–Kier alpha value is -0.890. The third-order valence-corrected chi connectivity index (χ3v) is 5.35. The summed E-state index contributed by atoms with van der Waals surface area (Å²) in [7, 11) is -1.88. The number of hydrogen-bond donors (Lipinski definition) is 1. The average Bonchev–Trinajstić information content (AvgIpc) is 3.09. The van der Waals surface area contributed by atoms with E-state index in [2.05, 4.69) is 12.2 Å². The van der Waals surface area contributed by atoms with Crippen LogP contribution in [0.5, 0.6) is 0 Å². The van der Waals surface area contributed by atoms with Crippen molar-refractivity contribution in [2.45, 2.75) is 31.4 Å². The molecule has 6 nitrogen and oxygen atoms in total. The topological polar surface area (TPSA) is 71.8 Å². The van der Waals surface area contributed by atoms with Gasteiger partial charge in [-0.05, 0) is 37.4 Å². The molecule has 120 valence electrons. The van der Waals surface area contributed by atoms with E-state index in [9.17, 15) is 8.42 Å². The molecule has 2 heterocycles. The number of methoxy groups -OCH3 is 1. The second-order valence-corrected chi connectivity index (χ2v) is 7.24. The molecule has 0 aromatic carbocycles. The number of rotatable bonds is 8. The summed E-state index contributed by atoms with van der Waals surface area (Å²) in [5, 5.41) is 3.23. The molecule has 0 bridgehead atoms. The zero-order chi connectivity index (χ0) is 15.3. The molecule has 0 radical (unpaired) electrons. The van der Waals surface area contributed by atoms with Crippen LogP contribution in [0.1, 0.15) is 25.5 Å². The molecule has 2 rings (SSSR count). The van der Waals surface area contributed by atoms with Gasteiger partial charge in [0.05, 0.1) is 13.2 Å². The van der Waals surface area contributed by atoms with Crippen molar-refractivity contribution in [2.24, 2.45) is 5.92 Å². The van der Waals surface area contributed by atoms with Crippen LogP contribution in [0, 0.1) is 5.92 Å². The molecule has 1 fully saturated rings. The summed E-state index contributed by atoms with van der Waals surface area (Å²) < 4.78 is 37.1. The lowest BCUT2D eigenvalue weighted by atomic mass is 10.1. The van der Waals surface area contributed by atoms with Gasteiger partial charge in [-0.2, -0.15) is 4.31 Å². The van der Waals surface area contributed by atoms with Gasteiger partial charge in [0.15, 0.2) is 0 Å². The van der Waals surface area contributed by atoms with Gasteiger partial charge >= 0.3 is 0 Å². The molecule has 1 aromatic rings. The van der Waals surface area contributed by atoms with Gasteiger partial charge in [0, 0.05) is 20.2 Å². The predicted octanol–water partition coefficient (Wildman–Crippen LogP) is 1.44. The van der Waals surface area contributed by atoms with Crippen molar-refractivity contribution in [3.63, 3.8) is 0 Å². The van der Waals surface area contributed by atoms with Crippen LogP contribution >= 0.6 is 0 Å². The van der Waals surface area contributed by atoms with Crippen molar-refractivity contribution in [3.05, 3.63) is 17.9 Å². The third-order valence-electron chi connectivity index (χ3n) is 3.61. The molecule has 0 spiro atoms. The highest BCUT2D eigenvalue weighted by molar-refractivity contribution is 7.89. The largest absolute Gasteiger partial charge is 0.447 e. The number of hydrogen-bond acceptors (Lipinski definition) is 5. The highest BCUT2D eigenvalue weighted by Crippen LogP contribution is 2.25. The molecule has 7 heteroatoms. The Kier molecular flexibility index (Phi) is 5.80. The van der Waals surface area contributed by atoms with Crippen LogP contribution in [-0.2, 0) is 21.3 Å². The first-order chi connectivity index (χ1) is 10.1. The molecule has 0 saturated carbocycles. The fourth-order valence-corrected chi connectivity index (χ4v) is 3.95. The summed E-state index contributed by atoms with van der Waals surface area (Å²) in [6.07, 6.45) is 1.86. The van der Waals surface area contributed by atoms with Crippen molar-refractivity contribution in [1.29, 1.82) is 0 Å². The van der Waals surface area contributed by atoms with Crippen LogP contribution in [0.3, 0.4) is 0 Å². The SMILES string of the molecule is CCCNCc1ccc(S(=O)(=O)N2CCC(COC)C2)o1. The van der Waals surface area contributed by atoms with E-state index < -0.39 is 10.0 Å². The highest BCUT2D eigenvalue weighted by atomic mass is 32.2. The van der Waals surface area contributed by atoms with E-state index in [4.69, 9.17) is 9.15 Å². The van der Waals surface area contributed by atoms with Crippen LogP contribution in [0.4, 0.5) is 0 Å². The van der Waals surface area contributed by atoms with Crippen molar-refractivity contribution in [3.8, 4) is 0 Å². The van der Waals surface area contributed by atoms with Crippen molar-refractivity contribution < 1.29 is 17.6 Å². The van der Waals surface area contributed by atoms with Gasteiger partial charge < -0.3 is 14.5 Å². The van der Waals surface area contributed by atoms with Crippen LogP contribution in [0.2, 0.25) is 0 Å². The Morgan fingerprint density at radius 3 is 3.00 bits per heavy atom. The van der Waals surface area contributed by atoms with Gasteiger partial charge in [-0.25, -0.2) is 8.42 Å². The molecular formula is C14H24N2O4S. The summed E-state index contributed by atoms with van der Waals surface area (Å²) >= 11 is 0. The Labute approximate surface area is 126 Å². The Bertz CT molecular complexity index is 541. The quantitative estimate of drug-likeness (QED) is 0.735. The first-order valence-corrected chi connectivity index (χ1v) is 8.80. The Balaban J connectivity index is 2.00. The van der Waals surface area contributed by atoms with E-state index in [-0.39, 0.29) is 11.0 Å². The smallest absolute Gasteiger partial charge is 0.276 e. The van der Waals surface area contributed by atoms with E-state index in [1.807, 2.05) is 0 Å². The maximum atomic E-state index is 12.5. The molecule has 1 N–H and O–H groups in total. The molecule has 1 aromatic heterocycles. The normalized spacial score (nSPS) is 20.2. The summed E-state index contributed by atoms with van der Waals surface area (Å²) in [5.74, 6) is 0.917. The average molecular weight is 316 g/mol. The molecule has 1 aliphatic heterocycles. The Morgan fingerprint density at radius 1 is 1.48 bits per heavy atom. The fourth-order valence-electron chi connectivity index (χ4n) is 2.49. The van der Waals surface area contributed by atoms with E-state index >= 15 is 0 Å². The van der Waals surface area contributed by atoms with E-state index in [0.29, 0.717) is 32.0 Å². The van der Waals surface area contributed by atoms with Crippen molar-refractivity contribution >= 4 is 10.0 Å². The second-order valence-electron chi connectivity index (χ2n) is 5.37. The van der Waals surface area contributed by atoms with Gasteiger partial charge in [0.1, 0.15) is 5.76 Å². The lowest BCUT2D eigenvalue weighted by Crippen LogP contribution is -2.29. The third kappa shape index (κ3) is 4.06. The number of nitrogens with zero attached hydrogens (tertiary/aromatic N) is 1. The molecule has 0 aliphatic carbocycles. The summed E-state index contributed by atoms with van der Waals surface area (Å²) in [6, 6.07) is 3.26. The molecular weight excluding hydrogens is 292 g/mol. The van der Waals surface area contributed by atoms with Crippen LogP contribution < -0.4 is 5.32 Å². The molecule has 1 aliphatic rings. The fraction of sp³-hybridized carbons (Fsp3) is 0.714. The minimum atomic E-state index is -3.52. The lowest BCUT2D eigenvalue weighted by molar-refractivity contribution is 0.157. The number of nitrogens with one attached hydrogen (secondary N) is 1. The monoisotopic (exact) mass is 316 g/mol. The van der Waals surface area contributed by atoms with E-state index in [1.54, 1.807) is 19.2 Å². The minimum Gasteiger partial charge on any atom is -0.447 e. The first kappa shape index (κ1) is 16.5. The lowest BCUT2D eigenvalue weighted by Gasteiger charge is -2.14. The zero-order valence-electron chi connectivity index (χ0n) is 12.7. The number of ether oxygens (including phenoxy) is 1. The minimum absolute atomic E-state index is 0.0360. The summed E-state index contributed by atoms with van der Waals surface area (Å²) in [5.41, 5.74) is 0. The molecule has 0 amide bonds. The van der Waals surface area contributed by atoms with Crippen LogP contribution in [0.25, 0.3) is 0 Å². The van der Waals surface area contributed by atoms with Gasteiger partial charge in [0.25, 0.3) is 10.0 Å².